The van der Waals surface area contributed by atoms with Crippen LogP contribution in [0.3, 0.4) is 0 Å². The fourth-order valence-corrected chi connectivity index (χ4v) is 2.49. The summed E-state index contributed by atoms with van der Waals surface area (Å²) < 4.78 is 0. The Morgan fingerprint density at radius 2 is 2.20 bits per heavy atom. The number of nitrogens with zero attached hydrogens (tertiary/aromatic N) is 1. The highest BCUT2D eigenvalue weighted by molar-refractivity contribution is 7.11. The third-order valence-corrected chi connectivity index (χ3v) is 3.52. The fourth-order valence-electron chi connectivity index (χ4n) is 1.38. The van der Waals surface area contributed by atoms with Gasteiger partial charge in [0, 0.05) is 4.88 Å². The van der Waals surface area contributed by atoms with Crippen LogP contribution in [0.25, 0.3) is 0 Å². The van der Waals surface area contributed by atoms with Crippen LogP contribution in [0.2, 0.25) is 0 Å². The van der Waals surface area contributed by atoms with Crippen molar-refractivity contribution in [2.45, 2.75) is 46.0 Å². The SMILES string of the molecule is CCCCc1nc(C)c(CCC(=O)O)s1. The summed E-state index contributed by atoms with van der Waals surface area (Å²) in [5.74, 6) is -0.738. The number of aliphatic carboxylic acids is 1. The van der Waals surface area contributed by atoms with E-state index in [1.165, 1.54) is 6.42 Å². The number of carboxylic acid groups (broad SMARTS) is 1. The van der Waals surface area contributed by atoms with Gasteiger partial charge in [-0.2, -0.15) is 0 Å². The van der Waals surface area contributed by atoms with E-state index in [9.17, 15) is 4.79 Å². The smallest absolute Gasteiger partial charge is 0.303 e. The zero-order chi connectivity index (χ0) is 11.3. The highest BCUT2D eigenvalue weighted by Crippen LogP contribution is 2.21. The highest BCUT2D eigenvalue weighted by atomic mass is 32.1. The molecule has 0 amide bonds. The first-order valence-corrected chi connectivity index (χ1v) is 6.12. The molecule has 1 aromatic rings. The van der Waals surface area contributed by atoms with E-state index in [0.717, 1.165) is 28.4 Å². The van der Waals surface area contributed by atoms with E-state index in [1.807, 2.05) is 6.92 Å². The first-order chi connectivity index (χ1) is 7.13. The van der Waals surface area contributed by atoms with Crippen LogP contribution >= 0.6 is 11.3 Å². The van der Waals surface area contributed by atoms with Crippen molar-refractivity contribution in [3.05, 3.63) is 15.6 Å². The number of aromatic nitrogens is 1. The minimum absolute atomic E-state index is 0.205. The molecule has 0 radical (unpaired) electrons. The predicted molar refractivity (Wildman–Crippen MR) is 61.4 cm³/mol. The van der Waals surface area contributed by atoms with Crippen LogP contribution in [0.15, 0.2) is 0 Å². The average Bonchev–Trinajstić information content (AvgIpc) is 2.53. The monoisotopic (exact) mass is 227 g/mol. The van der Waals surface area contributed by atoms with Crippen molar-refractivity contribution in [1.29, 1.82) is 0 Å². The molecule has 0 spiro atoms. The molecule has 0 aliphatic heterocycles. The van der Waals surface area contributed by atoms with Gasteiger partial charge in [0.1, 0.15) is 0 Å². The van der Waals surface area contributed by atoms with E-state index in [0.29, 0.717) is 6.42 Å². The molecule has 1 rings (SSSR count). The molecule has 1 N–H and O–H groups in total. The fraction of sp³-hybridized carbons (Fsp3) is 0.636. The third kappa shape index (κ3) is 4.00. The normalized spacial score (nSPS) is 10.5. The number of carboxylic acids is 1. The third-order valence-electron chi connectivity index (χ3n) is 2.25. The molecule has 15 heavy (non-hydrogen) atoms. The molecule has 0 saturated carbocycles. The zero-order valence-electron chi connectivity index (χ0n) is 9.25. The second-order valence-corrected chi connectivity index (χ2v) is 4.78. The molecular weight excluding hydrogens is 210 g/mol. The van der Waals surface area contributed by atoms with Crippen LogP contribution in [-0.4, -0.2) is 16.1 Å². The standard InChI is InChI=1S/C11H17NO2S/c1-3-4-5-10-12-8(2)9(15-10)6-7-11(13)14/h3-7H2,1-2H3,(H,13,14). The lowest BCUT2D eigenvalue weighted by Gasteiger charge is -1.93. The summed E-state index contributed by atoms with van der Waals surface area (Å²) in [6, 6.07) is 0. The number of aryl methyl sites for hydroxylation is 3. The number of carbonyl (C=O) groups is 1. The molecule has 0 bridgehead atoms. The van der Waals surface area contributed by atoms with Crippen LogP contribution in [0.1, 0.15) is 41.8 Å². The summed E-state index contributed by atoms with van der Waals surface area (Å²) in [5.41, 5.74) is 1.01. The first kappa shape index (κ1) is 12.2. The van der Waals surface area contributed by atoms with Gasteiger partial charge in [0.05, 0.1) is 17.1 Å². The Hall–Kier alpha value is -0.900. The lowest BCUT2D eigenvalue weighted by atomic mass is 10.2. The van der Waals surface area contributed by atoms with Crippen molar-refractivity contribution >= 4 is 17.3 Å². The van der Waals surface area contributed by atoms with E-state index >= 15 is 0 Å². The molecule has 0 unspecified atom stereocenters. The van der Waals surface area contributed by atoms with Crippen LogP contribution in [0.5, 0.6) is 0 Å². The lowest BCUT2D eigenvalue weighted by Crippen LogP contribution is -1.96. The molecule has 4 heteroatoms. The summed E-state index contributed by atoms with van der Waals surface area (Å²) >= 11 is 1.67. The molecule has 1 aromatic heterocycles. The van der Waals surface area contributed by atoms with E-state index in [2.05, 4.69) is 11.9 Å². The summed E-state index contributed by atoms with van der Waals surface area (Å²) in [5, 5.41) is 9.75. The van der Waals surface area contributed by atoms with Crippen LogP contribution < -0.4 is 0 Å². The van der Waals surface area contributed by atoms with E-state index < -0.39 is 5.97 Å². The number of thiazole rings is 1. The van der Waals surface area contributed by atoms with Gasteiger partial charge in [-0.25, -0.2) is 4.98 Å². The Kier molecular flexibility index (Phi) is 4.75. The van der Waals surface area contributed by atoms with Crippen molar-refractivity contribution < 1.29 is 9.90 Å². The first-order valence-electron chi connectivity index (χ1n) is 5.30. The summed E-state index contributed by atoms with van der Waals surface area (Å²) in [6.07, 6.45) is 4.17. The van der Waals surface area contributed by atoms with E-state index in [1.54, 1.807) is 11.3 Å². The van der Waals surface area contributed by atoms with E-state index in [-0.39, 0.29) is 6.42 Å². The Bertz CT molecular complexity index is 333. The van der Waals surface area contributed by atoms with Gasteiger partial charge in [-0.1, -0.05) is 13.3 Å². The molecule has 0 fully saturated rings. The maximum Gasteiger partial charge on any atom is 0.303 e. The number of hydrogen-bond acceptors (Lipinski definition) is 3. The molecular formula is C11H17NO2S. The Balaban J connectivity index is 2.56. The second kappa shape index (κ2) is 5.85. The molecule has 1 heterocycles. The van der Waals surface area contributed by atoms with Gasteiger partial charge in [-0.05, 0) is 26.2 Å². The Morgan fingerprint density at radius 3 is 2.80 bits per heavy atom. The average molecular weight is 227 g/mol. The predicted octanol–water partition coefficient (Wildman–Crippen LogP) is 2.81. The number of unbranched alkanes of at least 4 members (excludes halogenated alkanes) is 1. The van der Waals surface area contributed by atoms with Gasteiger partial charge in [-0.15, -0.1) is 11.3 Å². The largest absolute Gasteiger partial charge is 0.481 e. The van der Waals surface area contributed by atoms with Crippen molar-refractivity contribution in [2.75, 3.05) is 0 Å². The molecule has 84 valence electrons. The minimum atomic E-state index is -0.738. The van der Waals surface area contributed by atoms with Gasteiger partial charge in [0.25, 0.3) is 0 Å². The van der Waals surface area contributed by atoms with Gasteiger partial charge in [0.2, 0.25) is 0 Å². The van der Waals surface area contributed by atoms with Crippen LogP contribution in [0, 0.1) is 6.92 Å². The summed E-state index contributed by atoms with van der Waals surface area (Å²) in [4.78, 5) is 16.0. The lowest BCUT2D eigenvalue weighted by molar-refractivity contribution is -0.136. The van der Waals surface area contributed by atoms with E-state index in [4.69, 9.17) is 5.11 Å². The van der Waals surface area contributed by atoms with Crippen molar-refractivity contribution in [2.24, 2.45) is 0 Å². The molecule has 0 saturated heterocycles. The molecule has 0 aromatic carbocycles. The quantitative estimate of drug-likeness (QED) is 0.813. The maximum absolute atomic E-state index is 10.4. The molecule has 3 nitrogen and oxygen atoms in total. The van der Waals surface area contributed by atoms with Gasteiger partial charge < -0.3 is 5.11 Å². The maximum atomic E-state index is 10.4. The number of hydrogen-bond donors (Lipinski definition) is 1. The Morgan fingerprint density at radius 1 is 1.47 bits per heavy atom. The summed E-state index contributed by atoms with van der Waals surface area (Å²) in [7, 11) is 0. The molecule has 0 aliphatic rings. The summed E-state index contributed by atoms with van der Waals surface area (Å²) in [6.45, 7) is 4.12. The number of rotatable bonds is 6. The van der Waals surface area contributed by atoms with Crippen LogP contribution in [0.4, 0.5) is 0 Å². The van der Waals surface area contributed by atoms with Gasteiger partial charge in [0.15, 0.2) is 0 Å². The topological polar surface area (TPSA) is 50.2 Å². The highest BCUT2D eigenvalue weighted by Gasteiger charge is 2.08. The van der Waals surface area contributed by atoms with Crippen molar-refractivity contribution in [3.63, 3.8) is 0 Å². The minimum Gasteiger partial charge on any atom is -0.481 e. The van der Waals surface area contributed by atoms with Gasteiger partial charge in [-0.3, -0.25) is 4.79 Å². The van der Waals surface area contributed by atoms with Crippen molar-refractivity contribution in [3.8, 4) is 0 Å². The molecule has 0 aliphatic carbocycles. The van der Waals surface area contributed by atoms with Gasteiger partial charge >= 0.3 is 5.97 Å². The van der Waals surface area contributed by atoms with Crippen molar-refractivity contribution in [1.82, 2.24) is 4.98 Å². The Labute approximate surface area is 94.2 Å². The zero-order valence-corrected chi connectivity index (χ0v) is 10.1. The van der Waals surface area contributed by atoms with Crippen LogP contribution in [-0.2, 0) is 17.6 Å². The molecule has 0 atom stereocenters. The second-order valence-electron chi connectivity index (χ2n) is 3.61.